The first-order chi connectivity index (χ1) is 13.0. The summed E-state index contributed by atoms with van der Waals surface area (Å²) in [5.41, 5.74) is 11.0. The van der Waals surface area contributed by atoms with Crippen LogP contribution in [-0.4, -0.2) is 33.0 Å². The molecule has 0 unspecified atom stereocenters. The zero-order valence-electron chi connectivity index (χ0n) is 16.3. The van der Waals surface area contributed by atoms with E-state index in [-0.39, 0.29) is 5.78 Å². The van der Waals surface area contributed by atoms with Crippen LogP contribution in [0.2, 0.25) is 0 Å². The Morgan fingerprint density at radius 2 is 2.00 bits per heavy atom. The van der Waals surface area contributed by atoms with Gasteiger partial charge >= 0.3 is 0 Å². The number of nitrogens with zero attached hydrogens (tertiary/aromatic N) is 3. The number of nitrogens with one attached hydrogen (secondary N) is 1. The van der Waals surface area contributed by atoms with Gasteiger partial charge in [-0.25, -0.2) is 4.98 Å². The lowest BCUT2D eigenvalue weighted by molar-refractivity contribution is 0.0983. The second-order valence-corrected chi connectivity index (χ2v) is 6.62. The van der Waals surface area contributed by atoms with Gasteiger partial charge in [-0.3, -0.25) is 14.8 Å². The van der Waals surface area contributed by atoms with E-state index in [1.54, 1.807) is 19.6 Å². The molecule has 0 radical (unpaired) electrons. The maximum atomic E-state index is 11.9. The maximum Gasteiger partial charge on any atom is 0.180 e. The molecule has 0 atom stereocenters. The molecule has 0 saturated heterocycles. The molecule has 0 spiro atoms. The van der Waals surface area contributed by atoms with Gasteiger partial charge in [0.2, 0.25) is 0 Å². The molecule has 6 nitrogen and oxygen atoms in total. The molecule has 3 aromatic rings. The fourth-order valence-corrected chi connectivity index (χ4v) is 3.35. The van der Waals surface area contributed by atoms with Gasteiger partial charge in [0.25, 0.3) is 0 Å². The number of carbonyl (C=O) groups excluding carboxylic acids is 1. The minimum atomic E-state index is 0.0423. The third-order valence-corrected chi connectivity index (χ3v) is 4.94. The molecule has 2 heterocycles. The first-order valence-electron chi connectivity index (χ1n) is 8.91. The summed E-state index contributed by atoms with van der Waals surface area (Å²) in [6, 6.07) is 5.83. The Morgan fingerprint density at radius 1 is 1.26 bits per heavy atom. The first-order valence-corrected chi connectivity index (χ1v) is 9.73. The van der Waals surface area contributed by atoms with Crippen LogP contribution >= 0.6 is 11.8 Å². The predicted octanol–water partition coefficient (Wildman–Crippen LogP) is 4.59. The standard InChI is InChI=1S/C18H19N5OS.C2H6/c1-4-14(24)13-7-10(2)12(8-21-13)11-5-6-15(25-18(19)20-3)17-16(11)22-9-23-17;1-2/h5-9H,4H2,1-3H3,(H2,19,20)(H,22,23);1-2H3. The number of amidine groups is 1. The van der Waals surface area contributed by atoms with Crippen molar-refractivity contribution in [3.63, 3.8) is 0 Å². The molecular weight excluding hydrogens is 358 g/mol. The smallest absolute Gasteiger partial charge is 0.180 e. The average molecular weight is 384 g/mol. The number of hydrogen-bond acceptors (Lipinski definition) is 5. The van der Waals surface area contributed by atoms with E-state index < -0.39 is 0 Å². The van der Waals surface area contributed by atoms with Crippen LogP contribution in [0, 0.1) is 6.92 Å². The van der Waals surface area contributed by atoms with Gasteiger partial charge in [-0.2, -0.15) is 0 Å². The van der Waals surface area contributed by atoms with Gasteiger partial charge in [-0.1, -0.05) is 38.6 Å². The van der Waals surface area contributed by atoms with E-state index >= 15 is 0 Å². The molecule has 27 heavy (non-hydrogen) atoms. The summed E-state index contributed by atoms with van der Waals surface area (Å²) in [6.07, 6.45) is 3.85. The van der Waals surface area contributed by atoms with Crippen LogP contribution in [-0.2, 0) is 0 Å². The number of Topliss-reactive ketones (excluding diaryl/α,β-unsaturated/α-hetero) is 1. The van der Waals surface area contributed by atoms with E-state index in [9.17, 15) is 4.79 Å². The van der Waals surface area contributed by atoms with Crippen molar-refractivity contribution >= 4 is 33.7 Å². The largest absolute Gasteiger partial charge is 0.378 e. The van der Waals surface area contributed by atoms with Crippen molar-refractivity contribution in [2.75, 3.05) is 7.05 Å². The van der Waals surface area contributed by atoms with Crippen molar-refractivity contribution in [1.82, 2.24) is 15.0 Å². The summed E-state index contributed by atoms with van der Waals surface area (Å²) in [4.78, 5) is 28.8. The SMILES string of the molecule is CC.CCC(=O)c1cc(C)c(-c2ccc(SC(N)=NC)c3[nH]cnc23)cn1. The number of aryl methyl sites for hydroxylation is 1. The third kappa shape index (κ3) is 4.36. The number of H-pyrrole nitrogens is 1. The zero-order valence-corrected chi connectivity index (χ0v) is 17.1. The second-order valence-electron chi connectivity index (χ2n) is 5.56. The fourth-order valence-electron chi connectivity index (χ4n) is 2.64. The Labute approximate surface area is 163 Å². The van der Waals surface area contributed by atoms with E-state index in [1.165, 1.54) is 11.8 Å². The highest BCUT2D eigenvalue weighted by Crippen LogP contribution is 2.34. The van der Waals surface area contributed by atoms with Gasteiger partial charge in [-0.05, 0) is 24.6 Å². The number of pyridine rings is 1. The molecule has 1 aromatic carbocycles. The highest BCUT2D eigenvalue weighted by molar-refractivity contribution is 8.14. The number of imidazole rings is 1. The number of aliphatic imine (C=N–C) groups is 1. The molecule has 2 aromatic heterocycles. The topological polar surface area (TPSA) is 97.0 Å². The minimum Gasteiger partial charge on any atom is -0.378 e. The number of benzene rings is 1. The van der Waals surface area contributed by atoms with Crippen molar-refractivity contribution in [2.24, 2.45) is 10.7 Å². The average Bonchev–Trinajstić information content (AvgIpc) is 3.19. The molecular formula is C20H25N5OS. The molecule has 0 aliphatic rings. The Kier molecular flexibility index (Phi) is 7.12. The number of nitrogens with two attached hydrogens (primary N) is 1. The molecule has 0 aliphatic heterocycles. The molecule has 0 bridgehead atoms. The van der Waals surface area contributed by atoms with Gasteiger partial charge in [-0.15, -0.1) is 0 Å². The minimum absolute atomic E-state index is 0.0423. The van der Waals surface area contributed by atoms with Crippen molar-refractivity contribution < 1.29 is 4.79 Å². The number of rotatable bonds is 4. The monoisotopic (exact) mass is 383 g/mol. The maximum absolute atomic E-state index is 11.9. The first kappa shape index (κ1) is 20.6. The van der Waals surface area contributed by atoms with Crippen LogP contribution in [0.25, 0.3) is 22.2 Å². The van der Waals surface area contributed by atoms with E-state index in [4.69, 9.17) is 5.73 Å². The third-order valence-electron chi connectivity index (χ3n) is 3.98. The highest BCUT2D eigenvalue weighted by Gasteiger charge is 2.15. The lowest BCUT2D eigenvalue weighted by Crippen LogP contribution is -2.05. The normalized spacial score (nSPS) is 11.2. The molecule has 7 heteroatoms. The summed E-state index contributed by atoms with van der Waals surface area (Å²) in [5, 5.41) is 0.490. The number of aromatic nitrogens is 3. The molecule has 0 saturated carbocycles. The van der Waals surface area contributed by atoms with Crippen molar-refractivity contribution in [3.05, 3.63) is 42.0 Å². The number of fused-ring (bicyclic) bond motifs is 1. The van der Waals surface area contributed by atoms with Crippen LogP contribution in [0.15, 0.2) is 40.6 Å². The van der Waals surface area contributed by atoms with Crippen LogP contribution in [0.5, 0.6) is 0 Å². The van der Waals surface area contributed by atoms with E-state index in [0.717, 1.165) is 32.6 Å². The van der Waals surface area contributed by atoms with Crippen molar-refractivity contribution in [1.29, 1.82) is 0 Å². The van der Waals surface area contributed by atoms with E-state index in [2.05, 4.69) is 19.9 Å². The Hall–Kier alpha value is -2.67. The van der Waals surface area contributed by atoms with Gasteiger partial charge in [0.1, 0.15) is 5.69 Å². The summed E-state index contributed by atoms with van der Waals surface area (Å²) < 4.78 is 0. The van der Waals surface area contributed by atoms with Gasteiger partial charge < -0.3 is 10.7 Å². The van der Waals surface area contributed by atoms with Crippen molar-refractivity contribution in [3.8, 4) is 11.1 Å². The Morgan fingerprint density at radius 3 is 2.63 bits per heavy atom. The van der Waals surface area contributed by atoms with Crippen LogP contribution in [0.3, 0.4) is 0 Å². The van der Waals surface area contributed by atoms with Gasteiger partial charge in [0, 0.05) is 35.7 Å². The van der Waals surface area contributed by atoms with Crippen LogP contribution in [0.4, 0.5) is 0 Å². The predicted molar refractivity (Wildman–Crippen MR) is 113 cm³/mol. The number of thioether (sulfide) groups is 1. The van der Waals surface area contributed by atoms with Crippen LogP contribution in [0.1, 0.15) is 43.2 Å². The summed E-state index contributed by atoms with van der Waals surface area (Å²) in [6.45, 7) is 7.81. The molecule has 0 aliphatic carbocycles. The Bertz CT molecular complexity index is 978. The van der Waals surface area contributed by atoms with E-state index in [1.807, 2.05) is 45.9 Å². The number of ketones is 1. The lowest BCUT2D eigenvalue weighted by atomic mass is 10.00. The van der Waals surface area contributed by atoms with Crippen LogP contribution < -0.4 is 5.73 Å². The van der Waals surface area contributed by atoms with E-state index in [0.29, 0.717) is 17.3 Å². The fraction of sp³-hybridized carbons (Fsp3) is 0.300. The molecule has 142 valence electrons. The molecule has 0 amide bonds. The molecule has 0 fully saturated rings. The molecule has 3 rings (SSSR count). The van der Waals surface area contributed by atoms with Crippen molar-refractivity contribution in [2.45, 2.75) is 39.0 Å². The number of carbonyl (C=O) groups is 1. The Balaban J connectivity index is 0.00000126. The summed E-state index contributed by atoms with van der Waals surface area (Å²) >= 11 is 1.39. The highest BCUT2D eigenvalue weighted by atomic mass is 32.2. The van der Waals surface area contributed by atoms with Gasteiger partial charge in [0.15, 0.2) is 11.0 Å². The summed E-state index contributed by atoms with van der Waals surface area (Å²) in [7, 11) is 1.66. The number of aromatic amines is 1. The molecule has 3 N–H and O–H groups in total. The second kappa shape index (κ2) is 9.32. The lowest BCUT2D eigenvalue weighted by Gasteiger charge is -2.10. The zero-order chi connectivity index (χ0) is 20.0. The number of hydrogen-bond donors (Lipinski definition) is 2. The van der Waals surface area contributed by atoms with Gasteiger partial charge in [0.05, 0.1) is 17.4 Å². The quantitative estimate of drug-likeness (QED) is 0.297. The summed E-state index contributed by atoms with van der Waals surface area (Å²) in [5.74, 6) is 0.0423.